The molecule has 0 saturated carbocycles. The molecular weight excluding hydrogens is 289 g/mol. The molecule has 0 spiro atoms. The third-order valence-corrected chi connectivity index (χ3v) is 3.89. The molecule has 0 unspecified atom stereocenters. The average Bonchev–Trinajstić information content (AvgIpc) is 2.52. The quantitative estimate of drug-likeness (QED) is 0.614. The van der Waals surface area contributed by atoms with E-state index in [2.05, 4.69) is 17.2 Å². The van der Waals surface area contributed by atoms with Gasteiger partial charge in [-0.05, 0) is 68.7 Å². The van der Waals surface area contributed by atoms with Crippen LogP contribution in [0.1, 0.15) is 23.6 Å². The largest absolute Gasteiger partial charge is 0.366 e. The predicted molar refractivity (Wildman–Crippen MR) is 96.8 cm³/mol. The van der Waals surface area contributed by atoms with Crippen LogP contribution in [0.15, 0.2) is 35.3 Å². The first-order valence-corrected chi connectivity index (χ1v) is 7.79. The summed E-state index contributed by atoms with van der Waals surface area (Å²) in [5, 5.41) is 3.28. The summed E-state index contributed by atoms with van der Waals surface area (Å²) in [7, 11) is 1.99. The summed E-state index contributed by atoms with van der Waals surface area (Å²) >= 11 is 0. The SMILES string of the molecule is CCN(C)/C=N/c1cc(C)c(Nc2ccc(C)c(F)c2)cc1C. The maximum atomic E-state index is 13.7. The summed E-state index contributed by atoms with van der Waals surface area (Å²) in [5.41, 5.74) is 5.46. The molecule has 0 saturated heterocycles. The van der Waals surface area contributed by atoms with Gasteiger partial charge in [-0.25, -0.2) is 9.38 Å². The van der Waals surface area contributed by atoms with Gasteiger partial charge in [-0.2, -0.15) is 0 Å². The fourth-order valence-electron chi connectivity index (χ4n) is 2.14. The van der Waals surface area contributed by atoms with Crippen LogP contribution in [0.2, 0.25) is 0 Å². The number of nitrogens with one attached hydrogen (secondary N) is 1. The van der Waals surface area contributed by atoms with Crippen molar-refractivity contribution >= 4 is 23.4 Å². The molecule has 0 aromatic heterocycles. The number of nitrogens with zero attached hydrogens (tertiary/aromatic N) is 2. The number of aryl methyl sites for hydroxylation is 3. The molecule has 1 N–H and O–H groups in total. The first-order valence-electron chi connectivity index (χ1n) is 7.79. The highest BCUT2D eigenvalue weighted by Gasteiger charge is 2.06. The molecule has 4 heteroatoms. The molecule has 0 heterocycles. The van der Waals surface area contributed by atoms with Crippen molar-refractivity contribution in [2.75, 3.05) is 18.9 Å². The smallest absolute Gasteiger partial charge is 0.128 e. The van der Waals surface area contributed by atoms with Crippen LogP contribution in [0.4, 0.5) is 21.5 Å². The van der Waals surface area contributed by atoms with Gasteiger partial charge in [-0.15, -0.1) is 0 Å². The van der Waals surface area contributed by atoms with Crippen molar-refractivity contribution in [1.29, 1.82) is 0 Å². The Bertz CT molecular complexity index is 723. The second kappa shape index (κ2) is 7.27. The first-order chi connectivity index (χ1) is 10.9. The lowest BCUT2D eigenvalue weighted by atomic mass is 10.1. The topological polar surface area (TPSA) is 27.6 Å². The third-order valence-electron chi connectivity index (χ3n) is 3.89. The van der Waals surface area contributed by atoms with E-state index in [1.807, 2.05) is 50.3 Å². The second-order valence-corrected chi connectivity index (χ2v) is 5.86. The number of hydrogen-bond acceptors (Lipinski definition) is 2. The van der Waals surface area contributed by atoms with E-state index in [0.717, 1.165) is 34.7 Å². The Morgan fingerprint density at radius 3 is 2.48 bits per heavy atom. The normalized spacial score (nSPS) is 11.0. The number of aliphatic imine (C=N–C) groups is 1. The van der Waals surface area contributed by atoms with Gasteiger partial charge in [-0.1, -0.05) is 6.07 Å². The lowest BCUT2D eigenvalue weighted by Gasteiger charge is -2.14. The summed E-state index contributed by atoms with van der Waals surface area (Å²) in [6.45, 7) is 8.81. The molecule has 0 aliphatic carbocycles. The number of hydrogen-bond donors (Lipinski definition) is 1. The van der Waals surface area contributed by atoms with E-state index in [1.165, 1.54) is 6.07 Å². The molecule has 0 aliphatic rings. The van der Waals surface area contributed by atoms with Gasteiger partial charge in [0.25, 0.3) is 0 Å². The molecule has 122 valence electrons. The van der Waals surface area contributed by atoms with Gasteiger partial charge < -0.3 is 10.2 Å². The molecule has 0 atom stereocenters. The highest BCUT2D eigenvalue weighted by molar-refractivity contribution is 5.70. The standard InChI is InChI=1S/C19H24FN3/c1-6-23(5)12-21-18-9-15(4)19(10-14(18)3)22-16-8-7-13(2)17(20)11-16/h7-12,22H,6H2,1-5H3/b21-12+. The Balaban J connectivity index is 2.25. The highest BCUT2D eigenvalue weighted by atomic mass is 19.1. The van der Waals surface area contributed by atoms with Gasteiger partial charge in [0.15, 0.2) is 0 Å². The monoisotopic (exact) mass is 313 g/mol. The van der Waals surface area contributed by atoms with Crippen molar-refractivity contribution in [2.24, 2.45) is 4.99 Å². The van der Waals surface area contributed by atoms with Gasteiger partial charge in [0, 0.05) is 25.0 Å². The van der Waals surface area contributed by atoms with Crippen molar-refractivity contribution in [3.63, 3.8) is 0 Å². The van der Waals surface area contributed by atoms with Gasteiger partial charge in [0.1, 0.15) is 5.82 Å². The summed E-state index contributed by atoms with van der Waals surface area (Å²) in [6.07, 6.45) is 1.84. The Morgan fingerprint density at radius 2 is 1.83 bits per heavy atom. The molecule has 23 heavy (non-hydrogen) atoms. The van der Waals surface area contributed by atoms with Crippen LogP contribution < -0.4 is 5.32 Å². The Labute approximate surface area is 137 Å². The number of benzene rings is 2. The van der Waals surface area contributed by atoms with Crippen molar-refractivity contribution < 1.29 is 4.39 Å². The predicted octanol–water partition coefficient (Wildman–Crippen LogP) is 5.11. The van der Waals surface area contributed by atoms with E-state index in [1.54, 1.807) is 13.0 Å². The Hall–Kier alpha value is -2.36. The fraction of sp³-hybridized carbons (Fsp3) is 0.316. The van der Waals surface area contributed by atoms with Crippen LogP contribution in [0.5, 0.6) is 0 Å². The van der Waals surface area contributed by atoms with Crippen LogP contribution in [0.3, 0.4) is 0 Å². The van der Waals surface area contributed by atoms with E-state index in [9.17, 15) is 4.39 Å². The van der Waals surface area contributed by atoms with E-state index in [4.69, 9.17) is 0 Å². The second-order valence-electron chi connectivity index (χ2n) is 5.86. The van der Waals surface area contributed by atoms with Crippen molar-refractivity contribution in [2.45, 2.75) is 27.7 Å². The van der Waals surface area contributed by atoms with Crippen LogP contribution in [-0.4, -0.2) is 24.8 Å². The van der Waals surface area contributed by atoms with Gasteiger partial charge in [0.05, 0.1) is 12.0 Å². The van der Waals surface area contributed by atoms with E-state index < -0.39 is 0 Å². The summed E-state index contributed by atoms with van der Waals surface area (Å²) in [4.78, 5) is 6.55. The minimum absolute atomic E-state index is 0.201. The number of halogens is 1. The van der Waals surface area contributed by atoms with Crippen LogP contribution >= 0.6 is 0 Å². The summed E-state index contributed by atoms with van der Waals surface area (Å²) in [5.74, 6) is -0.201. The molecule has 0 aliphatic heterocycles. The maximum Gasteiger partial charge on any atom is 0.128 e. The number of rotatable bonds is 5. The molecule has 2 rings (SSSR count). The molecule has 2 aromatic carbocycles. The average molecular weight is 313 g/mol. The van der Waals surface area contributed by atoms with Crippen molar-refractivity contribution in [3.05, 3.63) is 52.8 Å². The van der Waals surface area contributed by atoms with Crippen molar-refractivity contribution in [1.82, 2.24) is 4.90 Å². The Morgan fingerprint density at radius 1 is 1.09 bits per heavy atom. The maximum absolute atomic E-state index is 13.7. The highest BCUT2D eigenvalue weighted by Crippen LogP contribution is 2.29. The zero-order chi connectivity index (χ0) is 17.0. The zero-order valence-electron chi connectivity index (χ0n) is 14.4. The van der Waals surface area contributed by atoms with Crippen LogP contribution in [0.25, 0.3) is 0 Å². The summed E-state index contributed by atoms with van der Waals surface area (Å²) < 4.78 is 13.7. The Kier molecular flexibility index (Phi) is 5.37. The number of anilines is 2. The first kappa shape index (κ1) is 17.0. The molecule has 0 fully saturated rings. The van der Waals surface area contributed by atoms with Crippen molar-refractivity contribution in [3.8, 4) is 0 Å². The van der Waals surface area contributed by atoms with Crippen LogP contribution in [0, 0.1) is 26.6 Å². The van der Waals surface area contributed by atoms with Gasteiger partial charge >= 0.3 is 0 Å². The minimum Gasteiger partial charge on any atom is -0.366 e. The zero-order valence-corrected chi connectivity index (χ0v) is 14.4. The lowest BCUT2D eigenvalue weighted by molar-refractivity contribution is 0.552. The molecule has 0 bridgehead atoms. The molecular formula is C19H24FN3. The fourth-order valence-corrected chi connectivity index (χ4v) is 2.14. The lowest BCUT2D eigenvalue weighted by Crippen LogP contribution is -2.14. The summed E-state index contributed by atoms with van der Waals surface area (Å²) in [6, 6.07) is 9.27. The molecule has 2 aromatic rings. The van der Waals surface area contributed by atoms with E-state index in [-0.39, 0.29) is 5.82 Å². The molecule has 0 amide bonds. The van der Waals surface area contributed by atoms with Gasteiger partial charge in [0.2, 0.25) is 0 Å². The van der Waals surface area contributed by atoms with E-state index >= 15 is 0 Å². The third kappa shape index (κ3) is 4.31. The minimum atomic E-state index is -0.201. The molecule has 0 radical (unpaired) electrons. The van der Waals surface area contributed by atoms with E-state index in [0.29, 0.717) is 5.56 Å². The van der Waals surface area contributed by atoms with Crippen LogP contribution in [-0.2, 0) is 0 Å². The van der Waals surface area contributed by atoms with Gasteiger partial charge in [-0.3, -0.25) is 0 Å². The molecule has 3 nitrogen and oxygen atoms in total.